The summed E-state index contributed by atoms with van der Waals surface area (Å²) in [5.74, 6) is 5.06. The van der Waals surface area contributed by atoms with Gasteiger partial charge in [-0.25, -0.2) is 0 Å². The van der Waals surface area contributed by atoms with Crippen molar-refractivity contribution in [1.82, 2.24) is 4.90 Å². The van der Waals surface area contributed by atoms with Gasteiger partial charge in [0.25, 0.3) is 0 Å². The number of carbonyl (C=O) groups excluding carboxylic acids is 2. The molecule has 0 aromatic heterocycles. The van der Waals surface area contributed by atoms with E-state index in [4.69, 9.17) is 9.31 Å². The van der Waals surface area contributed by atoms with Gasteiger partial charge in [0.2, 0.25) is 0 Å². The largest absolute Gasteiger partial charge is 0.611 e. The molecule has 0 atom stereocenters. The SMILES string of the molecule is CN1CC(=O)OB(CC#CC(C)(C)C)OC(=O)C1. The molecule has 0 saturated carbocycles. The monoisotopic (exact) mass is 251 g/mol. The Hall–Kier alpha value is -1.48. The smallest absolute Gasteiger partial charge is 0.498 e. The summed E-state index contributed by atoms with van der Waals surface area (Å²) >= 11 is 0. The molecule has 0 aromatic rings. The highest BCUT2D eigenvalue weighted by atomic mass is 16.6. The Morgan fingerprint density at radius 3 is 2.17 bits per heavy atom. The van der Waals surface area contributed by atoms with Crippen molar-refractivity contribution in [3.63, 3.8) is 0 Å². The highest BCUT2D eigenvalue weighted by Crippen LogP contribution is 2.11. The normalized spacial score (nSPS) is 18.1. The molecule has 0 aliphatic carbocycles. The molecule has 1 saturated heterocycles. The number of hydrogen-bond donors (Lipinski definition) is 0. The van der Waals surface area contributed by atoms with Gasteiger partial charge in [0.1, 0.15) is 0 Å². The van der Waals surface area contributed by atoms with Crippen LogP contribution in [0.1, 0.15) is 20.8 Å². The lowest BCUT2D eigenvalue weighted by Gasteiger charge is -2.21. The molecule has 1 rings (SSSR count). The van der Waals surface area contributed by atoms with Crippen molar-refractivity contribution in [3.05, 3.63) is 0 Å². The quantitative estimate of drug-likeness (QED) is 0.503. The second-order valence-electron chi connectivity index (χ2n) is 5.34. The lowest BCUT2D eigenvalue weighted by atomic mass is 9.83. The van der Waals surface area contributed by atoms with Crippen LogP contribution in [0.5, 0.6) is 0 Å². The number of rotatable bonds is 1. The van der Waals surface area contributed by atoms with E-state index in [0.717, 1.165) is 0 Å². The minimum atomic E-state index is -0.895. The number of nitrogens with zero attached hydrogens (tertiary/aromatic N) is 1. The van der Waals surface area contributed by atoms with Gasteiger partial charge < -0.3 is 9.31 Å². The zero-order chi connectivity index (χ0) is 13.8. The Balaban J connectivity index is 2.60. The van der Waals surface area contributed by atoms with E-state index in [1.807, 2.05) is 20.8 Å². The summed E-state index contributed by atoms with van der Waals surface area (Å²) in [6.07, 6.45) is 0.207. The summed E-state index contributed by atoms with van der Waals surface area (Å²) in [4.78, 5) is 24.4. The van der Waals surface area contributed by atoms with Crippen molar-refractivity contribution in [2.24, 2.45) is 5.41 Å². The van der Waals surface area contributed by atoms with Crippen LogP contribution in [-0.2, 0) is 18.9 Å². The molecule has 1 fully saturated rings. The molecule has 0 radical (unpaired) electrons. The molecule has 1 aliphatic rings. The van der Waals surface area contributed by atoms with Crippen LogP contribution in [0.25, 0.3) is 0 Å². The first kappa shape index (κ1) is 14.6. The van der Waals surface area contributed by atoms with Crippen molar-refractivity contribution in [3.8, 4) is 11.8 Å². The Morgan fingerprint density at radius 1 is 1.22 bits per heavy atom. The van der Waals surface area contributed by atoms with Crippen LogP contribution in [0.4, 0.5) is 0 Å². The maximum absolute atomic E-state index is 11.4. The molecule has 0 unspecified atom stereocenters. The minimum Gasteiger partial charge on any atom is -0.498 e. The van der Waals surface area contributed by atoms with E-state index in [1.54, 1.807) is 11.9 Å². The van der Waals surface area contributed by atoms with Gasteiger partial charge >= 0.3 is 19.1 Å². The molecule has 18 heavy (non-hydrogen) atoms. The van der Waals surface area contributed by atoms with E-state index in [2.05, 4.69) is 11.8 Å². The lowest BCUT2D eigenvalue weighted by Crippen LogP contribution is -2.42. The zero-order valence-corrected chi connectivity index (χ0v) is 11.3. The molecule has 0 aromatic carbocycles. The summed E-state index contributed by atoms with van der Waals surface area (Å²) in [6, 6.07) is 0. The molecule has 0 amide bonds. The topological polar surface area (TPSA) is 55.8 Å². The van der Waals surface area contributed by atoms with Gasteiger partial charge in [0.05, 0.1) is 19.4 Å². The molecule has 0 N–H and O–H groups in total. The molecule has 5 nitrogen and oxygen atoms in total. The van der Waals surface area contributed by atoms with Crippen molar-refractivity contribution < 1.29 is 18.9 Å². The van der Waals surface area contributed by atoms with Gasteiger partial charge in [-0.3, -0.25) is 14.5 Å². The van der Waals surface area contributed by atoms with Crippen LogP contribution in [-0.4, -0.2) is 44.1 Å². The first-order valence-corrected chi connectivity index (χ1v) is 5.84. The molecule has 6 heteroatoms. The van der Waals surface area contributed by atoms with Gasteiger partial charge in [-0.15, -0.1) is 5.92 Å². The summed E-state index contributed by atoms with van der Waals surface area (Å²) in [5, 5.41) is 0. The van der Waals surface area contributed by atoms with Gasteiger partial charge in [0.15, 0.2) is 0 Å². The third-order valence-electron chi connectivity index (χ3n) is 2.06. The minimum absolute atomic E-state index is 0.0816. The lowest BCUT2D eigenvalue weighted by molar-refractivity contribution is -0.145. The summed E-state index contributed by atoms with van der Waals surface area (Å²) in [7, 11) is 0.760. The van der Waals surface area contributed by atoms with Crippen molar-refractivity contribution in [2.45, 2.75) is 27.1 Å². The van der Waals surface area contributed by atoms with E-state index in [0.29, 0.717) is 0 Å². The summed E-state index contributed by atoms with van der Waals surface area (Å²) in [6.45, 7) is 6.10. The number of likely N-dealkylation sites (N-methyl/N-ethyl adjacent to an activating group) is 1. The van der Waals surface area contributed by atoms with Crippen LogP contribution in [0.2, 0.25) is 6.32 Å². The first-order chi connectivity index (χ1) is 8.26. The average molecular weight is 251 g/mol. The predicted molar refractivity (Wildman–Crippen MR) is 67.5 cm³/mol. The highest BCUT2D eigenvalue weighted by molar-refractivity contribution is 6.50. The summed E-state index contributed by atoms with van der Waals surface area (Å²) in [5.41, 5.74) is -0.129. The maximum atomic E-state index is 11.4. The molecular formula is C12H18BNO4. The number of carbonyl (C=O) groups is 2. The molecule has 0 spiro atoms. The van der Waals surface area contributed by atoms with E-state index in [9.17, 15) is 9.59 Å². The molecule has 1 heterocycles. The van der Waals surface area contributed by atoms with Gasteiger partial charge in [-0.05, 0) is 27.8 Å². The zero-order valence-electron chi connectivity index (χ0n) is 11.3. The van der Waals surface area contributed by atoms with Crippen molar-refractivity contribution >= 4 is 19.1 Å². The third kappa shape index (κ3) is 5.73. The second kappa shape index (κ2) is 5.92. The Bertz CT molecular complexity index is 371. The fraction of sp³-hybridized carbons (Fsp3) is 0.667. The van der Waals surface area contributed by atoms with Crippen LogP contribution < -0.4 is 0 Å². The third-order valence-corrected chi connectivity index (χ3v) is 2.06. The second-order valence-corrected chi connectivity index (χ2v) is 5.34. The van der Waals surface area contributed by atoms with E-state index in [-0.39, 0.29) is 24.8 Å². The molecular weight excluding hydrogens is 233 g/mol. The molecule has 1 aliphatic heterocycles. The number of hydrogen-bond acceptors (Lipinski definition) is 5. The van der Waals surface area contributed by atoms with Crippen molar-refractivity contribution in [2.75, 3.05) is 20.1 Å². The Kier molecular flexibility index (Phi) is 4.80. The first-order valence-electron chi connectivity index (χ1n) is 5.84. The van der Waals surface area contributed by atoms with Crippen LogP contribution in [0.3, 0.4) is 0 Å². The Labute approximate surface area is 108 Å². The molecule has 0 bridgehead atoms. The van der Waals surface area contributed by atoms with E-state index < -0.39 is 19.1 Å². The van der Waals surface area contributed by atoms with E-state index in [1.165, 1.54) is 0 Å². The Morgan fingerprint density at radius 2 is 1.72 bits per heavy atom. The highest BCUT2D eigenvalue weighted by Gasteiger charge is 2.30. The standard InChI is InChI=1S/C12H18BNO4/c1-12(2,3)6-5-7-13-17-10(15)8-14(4)9-11(16)18-13/h7-9H2,1-4H3. The van der Waals surface area contributed by atoms with Gasteiger partial charge in [0, 0.05) is 5.41 Å². The average Bonchev–Trinajstić information content (AvgIpc) is 2.11. The van der Waals surface area contributed by atoms with Gasteiger partial charge in [-0.1, -0.05) is 5.92 Å². The van der Waals surface area contributed by atoms with Crippen LogP contribution in [0.15, 0.2) is 0 Å². The van der Waals surface area contributed by atoms with Crippen LogP contribution >= 0.6 is 0 Å². The van der Waals surface area contributed by atoms with E-state index >= 15 is 0 Å². The predicted octanol–water partition coefficient (Wildman–Crippen LogP) is 0.556. The fourth-order valence-electron chi connectivity index (χ4n) is 1.37. The summed E-state index contributed by atoms with van der Waals surface area (Å²) < 4.78 is 10.0. The fourth-order valence-corrected chi connectivity index (χ4v) is 1.37. The van der Waals surface area contributed by atoms with Crippen molar-refractivity contribution in [1.29, 1.82) is 0 Å². The van der Waals surface area contributed by atoms with Crippen LogP contribution in [0, 0.1) is 17.3 Å². The maximum Gasteiger partial charge on any atom is 0.611 e. The molecule has 98 valence electrons. The van der Waals surface area contributed by atoms with Gasteiger partial charge in [-0.2, -0.15) is 0 Å².